The lowest BCUT2D eigenvalue weighted by atomic mass is 9.49. The third-order valence-corrected chi connectivity index (χ3v) is 7.51. The molecule has 1 aliphatic heterocycles. The fourth-order valence-electron chi connectivity index (χ4n) is 6.32. The molecule has 0 aromatic carbocycles. The Morgan fingerprint density at radius 3 is 2.70 bits per heavy atom. The topological polar surface area (TPSA) is 54.5 Å². The molecule has 1 saturated heterocycles. The highest BCUT2D eigenvalue weighted by Crippen LogP contribution is 2.63. The van der Waals surface area contributed by atoms with Crippen molar-refractivity contribution in [3.8, 4) is 0 Å². The Hall–Kier alpha value is -1.33. The largest absolute Gasteiger partial charge is 0.378 e. The van der Waals surface area contributed by atoms with E-state index in [1.165, 1.54) is 6.42 Å². The van der Waals surface area contributed by atoms with Gasteiger partial charge in [-0.2, -0.15) is 0 Å². The van der Waals surface area contributed by atoms with Crippen LogP contribution in [-0.2, 0) is 16.1 Å². The van der Waals surface area contributed by atoms with Crippen molar-refractivity contribution in [2.45, 2.75) is 49.9 Å². The van der Waals surface area contributed by atoms with Gasteiger partial charge in [-0.25, -0.2) is 4.98 Å². The van der Waals surface area contributed by atoms with Crippen molar-refractivity contribution in [3.63, 3.8) is 0 Å². The zero-order valence-corrected chi connectivity index (χ0v) is 16.5. The number of morpholine rings is 1. The van der Waals surface area contributed by atoms with Crippen molar-refractivity contribution in [2.24, 2.45) is 17.3 Å². The highest BCUT2D eigenvalue weighted by atomic mass is 35.5. The van der Waals surface area contributed by atoms with E-state index in [0.717, 1.165) is 69.8 Å². The summed E-state index contributed by atoms with van der Waals surface area (Å²) in [5.41, 5.74) is 0.872. The van der Waals surface area contributed by atoms with Gasteiger partial charge in [-0.05, 0) is 68.1 Å². The van der Waals surface area contributed by atoms with Crippen molar-refractivity contribution >= 4 is 23.3 Å². The van der Waals surface area contributed by atoms with Crippen LogP contribution in [0, 0.1) is 17.3 Å². The second kappa shape index (κ2) is 6.63. The number of hydrogen-bond acceptors (Lipinski definition) is 4. The van der Waals surface area contributed by atoms with Crippen LogP contribution < -0.4 is 10.2 Å². The molecule has 5 fully saturated rings. The Balaban J connectivity index is 1.26. The Kier molecular flexibility index (Phi) is 4.36. The summed E-state index contributed by atoms with van der Waals surface area (Å²) in [5.74, 6) is 2.47. The molecule has 2 heterocycles. The molecule has 0 radical (unpaired) electrons. The first-order valence-corrected chi connectivity index (χ1v) is 10.7. The van der Waals surface area contributed by atoms with Gasteiger partial charge in [0.15, 0.2) is 0 Å². The van der Waals surface area contributed by atoms with E-state index in [-0.39, 0.29) is 16.2 Å². The summed E-state index contributed by atoms with van der Waals surface area (Å²) >= 11 is 6.88. The van der Waals surface area contributed by atoms with Gasteiger partial charge in [-0.15, -0.1) is 11.6 Å². The third-order valence-electron chi connectivity index (χ3n) is 7.07. The van der Waals surface area contributed by atoms with Crippen molar-refractivity contribution in [2.75, 3.05) is 31.2 Å². The highest BCUT2D eigenvalue weighted by Gasteiger charge is 2.59. The van der Waals surface area contributed by atoms with Gasteiger partial charge in [0.25, 0.3) is 0 Å². The molecule has 4 aliphatic carbocycles. The SMILES string of the molecule is O=C(NCc1ccnc(N2CCOCC2)c1)C12C[C@H]3C[C@@H](CC(Cl)(C3)C1)C2. The van der Waals surface area contributed by atoms with Crippen molar-refractivity contribution < 1.29 is 9.53 Å². The van der Waals surface area contributed by atoms with Crippen molar-refractivity contribution in [1.29, 1.82) is 0 Å². The van der Waals surface area contributed by atoms with Gasteiger partial charge in [-0.3, -0.25) is 4.79 Å². The number of anilines is 1. The lowest BCUT2D eigenvalue weighted by molar-refractivity contribution is -0.144. The van der Waals surface area contributed by atoms with Gasteiger partial charge in [0, 0.05) is 30.7 Å². The number of pyridine rings is 1. The number of amides is 1. The normalized spacial score (nSPS) is 37.4. The van der Waals surface area contributed by atoms with Crippen LogP contribution in [-0.4, -0.2) is 42.1 Å². The molecule has 27 heavy (non-hydrogen) atoms. The zero-order valence-electron chi connectivity index (χ0n) is 15.8. The molecule has 1 aromatic heterocycles. The predicted molar refractivity (Wildman–Crippen MR) is 105 cm³/mol. The molecule has 6 rings (SSSR count). The maximum atomic E-state index is 13.2. The highest BCUT2D eigenvalue weighted by molar-refractivity contribution is 6.24. The number of carbonyl (C=O) groups excluding carboxylic acids is 1. The van der Waals surface area contributed by atoms with E-state index >= 15 is 0 Å². The first-order valence-electron chi connectivity index (χ1n) is 10.3. The van der Waals surface area contributed by atoms with Crippen LogP contribution in [0.4, 0.5) is 5.82 Å². The van der Waals surface area contributed by atoms with Crippen LogP contribution >= 0.6 is 11.6 Å². The standard InChI is InChI=1S/C21H28ClN3O2/c22-21-11-16-7-17(12-21)10-20(9-16,14-21)19(26)24-13-15-1-2-23-18(8-15)25-3-5-27-6-4-25/h1-2,8,16-17H,3-7,9-14H2,(H,24,26)/t16-,17-,20?,21?/m1/s1. The monoisotopic (exact) mass is 389 g/mol. The Morgan fingerprint density at radius 2 is 2.00 bits per heavy atom. The average Bonchev–Trinajstić information content (AvgIpc) is 2.65. The van der Waals surface area contributed by atoms with Gasteiger partial charge >= 0.3 is 0 Å². The van der Waals surface area contributed by atoms with Crippen LogP contribution in [0.1, 0.15) is 44.1 Å². The summed E-state index contributed by atoms with van der Waals surface area (Å²) in [6, 6.07) is 4.08. The maximum Gasteiger partial charge on any atom is 0.226 e. The first kappa shape index (κ1) is 17.7. The molecule has 0 unspecified atom stereocenters. The maximum absolute atomic E-state index is 13.2. The second-order valence-corrected chi connectivity index (χ2v) is 10.00. The van der Waals surface area contributed by atoms with E-state index in [0.29, 0.717) is 18.4 Å². The van der Waals surface area contributed by atoms with E-state index in [9.17, 15) is 4.79 Å². The number of alkyl halides is 1. The number of nitrogens with one attached hydrogen (secondary N) is 1. The molecule has 1 aromatic rings. The summed E-state index contributed by atoms with van der Waals surface area (Å²) in [5, 5.41) is 3.23. The van der Waals surface area contributed by atoms with E-state index in [1.54, 1.807) is 0 Å². The van der Waals surface area contributed by atoms with E-state index in [4.69, 9.17) is 16.3 Å². The summed E-state index contributed by atoms with van der Waals surface area (Å²) < 4.78 is 5.42. The van der Waals surface area contributed by atoms with E-state index in [1.807, 2.05) is 12.3 Å². The summed E-state index contributed by atoms with van der Waals surface area (Å²) in [7, 11) is 0. The lowest BCUT2D eigenvalue weighted by Crippen LogP contribution is -2.58. The van der Waals surface area contributed by atoms with Crippen LogP contribution in [0.3, 0.4) is 0 Å². The number of carbonyl (C=O) groups is 1. The minimum Gasteiger partial charge on any atom is -0.378 e. The van der Waals surface area contributed by atoms with Crippen molar-refractivity contribution in [3.05, 3.63) is 23.9 Å². The summed E-state index contributed by atoms with van der Waals surface area (Å²) in [6.45, 7) is 3.78. The van der Waals surface area contributed by atoms with Crippen LogP contribution in [0.2, 0.25) is 0 Å². The molecule has 0 spiro atoms. The Morgan fingerprint density at radius 1 is 1.26 bits per heavy atom. The molecule has 1 amide bonds. The minimum atomic E-state index is -0.230. The molecule has 5 nitrogen and oxygen atoms in total. The first-order chi connectivity index (χ1) is 13.0. The second-order valence-electron chi connectivity index (χ2n) is 9.20. The number of nitrogens with zero attached hydrogens (tertiary/aromatic N) is 2. The Labute approximate surface area is 165 Å². The zero-order chi connectivity index (χ0) is 18.5. The number of halogens is 1. The van der Waals surface area contributed by atoms with Gasteiger partial charge in [0.2, 0.25) is 5.91 Å². The molecule has 2 atom stereocenters. The molecule has 4 saturated carbocycles. The third kappa shape index (κ3) is 3.33. The van der Waals surface area contributed by atoms with Crippen LogP contribution in [0.5, 0.6) is 0 Å². The fourth-order valence-corrected chi connectivity index (χ4v) is 7.01. The van der Waals surface area contributed by atoms with Gasteiger partial charge in [0.1, 0.15) is 5.82 Å². The number of rotatable bonds is 4. The quantitative estimate of drug-likeness (QED) is 0.804. The molecule has 4 bridgehead atoms. The summed E-state index contributed by atoms with van der Waals surface area (Å²) in [6.07, 6.45) is 8.23. The summed E-state index contributed by atoms with van der Waals surface area (Å²) in [4.78, 5) is 19.8. The van der Waals surface area contributed by atoms with Gasteiger partial charge < -0.3 is 15.0 Å². The molecule has 1 N–H and O–H groups in total. The minimum absolute atomic E-state index is 0.123. The molecular formula is C21H28ClN3O2. The molecule has 146 valence electrons. The predicted octanol–water partition coefficient (Wildman–Crippen LogP) is 3.11. The molecular weight excluding hydrogens is 362 g/mol. The van der Waals surface area contributed by atoms with Crippen LogP contribution in [0.15, 0.2) is 18.3 Å². The van der Waals surface area contributed by atoms with Gasteiger partial charge in [-0.1, -0.05) is 0 Å². The average molecular weight is 390 g/mol. The van der Waals surface area contributed by atoms with Crippen LogP contribution in [0.25, 0.3) is 0 Å². The smallest absolute Gasteiger partial charge is 0.226 e. The fraction of sp³-hybridized carbons (Fsp3) is 0.714. The van der Waals surface area contributed by atoms with E-state index in [2.05, 4.69) is 21.3 Å². The van der Waals surface area contributed by atoms with Crippen molar-refractivity contribution in [1.82, 2.24) is 10.3 Å². The number of ether oxygens (including phenoxy) is 1. The molecule has 5 aliphatic rings. The Bertz CT molecular complexity index is 720. The molecule has 6 heteroatoms. The number of hydrogen-bond donors (Lipinski definition) is 1. The number of aromatic nitrogens is 1. The lowest BCUT2D eigenvalue weighted by Gasteiger charge is -2.59. The van der Waals surface area contributed by atoms with Gasteiger partial charge in [0.05, 0.1) is 18.6 Å². The van der Waals surface area contributed by atoms with E-state index < -0.39 is 0 Å².